The molecule has 0 aliphatic carbocycles. The summed E-state index contributed by atoms with van der Waals surface area (Å²) in [5.74, 6) is -0.354. The van der Waals surface area contributed by atoms with Crippen LogP contribution in [0.1, 0.15) is 12.8 Å². The Kier molecular flexibility index (Phi) is 2.48. The SMILES string of the molecule is O=C1[N]c2cc(F)ccc2N1C1CCNCC1. The van der Waals surface area contributed by atoms with E-state index in [4.69, 9.17) is 0 Å². The molecule has 1 aromatic rings. The summed E-state index contributed by atoms with van der Waals surface area (Å²) in [7, 11) is 0. The van der Waals surface area contributed by atoms with E-state index in [1.165, 1.54) is 12.1 Å². The number of piperidine rings is 1. The molecular weight excluding hydrogens is 221 g/mol. The van der Waals surface area contributed by atoms with Crippen molar-refractivity contribution in [1.82, 2.24) is 10.6 Å². The zero-order chi connectivity index (χ0) is 11.8. The number of hydrogen-bond acceptors (Lipinski definition) is 2. The molecule has 2 heterocycles. The van der Waals surface area contributed by atoms with Gasteiger partial charge in [0.2, 0.25) is 0 Å². The van der Waals surface area contributed by atoms with E-state index < -0.39 is 0 Å². The summed E-state index contributed by atoms with van der Waals surface area (Å²) in [5, 5.41) is 7.15. The van der Waals surface area contributed by atoms with Crippen LogP contribution in [0.2, 0.25) is 0 Å². The standard InChI is InChI=1S/C12H13FN3O/c13-8-1-2-11-10(7-8)15-12(17)16(11)9-3-5-14-6-4-9/h1-2,7,9,14H,3-6H2. The van der Waals surface area contributed by atoms with Crippen molar-refractivity contribution in [3.8, 4) is 0 Å². The first-order valence-corrected chi connectivity index (χ1v) is 5.81. The van der Waals surface area contributed by atoms with E-state index in [9.17, 15) is 9.18 Å². The van der Waals surface area contributed by atoms with Gasteiger partial charge in [-0.25, -0.2) is 9.18 Å². The van der Waals surface area contributed by atoms with Crippen molar-refractivity contribution in [3.63, 3.8) is 0 Å². The molecule has 1 radical (unpaired) electrons. The number of rotatable bonds is 1. The lowest BCUT2D eigenvalue weighted by atomic mass is 10.0. The minimum absolute atomic E-state index is 0.180. The molecule has 1 saturated heterocycles. The third kappa shape index (κ3) is 1.76. The lowest BCUT2D eigenvalue weighted by Gasteiger charge is -2.30. The average molecular weight is 234 g/mol. The number of benzene rings is 1. The topological polar surface area (TPSA) is 46.4 Å². The first kappa shape index (κ1) is 10.5. The molecule has 2 amide bonds. The molecule has 1 aromatic carbocycles. The first-order chi connectivity index (χ1) is 8.25. The van der Waals surface area contributed by atoms with Gasteiger partial charge in [0.25, 0.3) is 0 Å². The van der Waals surface area contributed by atoms with Crippen molar-refractivity contribution in [2.24, 2.45) is 0 Å². The number of halogens is 1. The number of hydrogen-bond donors (Lipinski definition) is 1. The van der Waals surface area contributed by atoms with Gasteiger partial charge >= 0.3 is 6.03 Å². The van der Waals surface area contributed by atoms with Crippen molar-refractivity contribution in [2.75, 3.05) is 18.0 Å². The fourth-order valence-corrected chi connectivity index (χ4v) is 2.47. The predicted molar refractivity (Wildman–Crippen MR) is 62.0 cm³/mol. The smallest absolute Gasteiger partial charge is 0.317 e. The van der Waals surface area contributed by atoms with Crippen molar-refractivity contribution in [3.05, 3.63) is 24.0 Å². The van der Waals surface area contributed by atoms with Crippen LogP contribution < -0.4 is 15.5 Å². The molecule has 4 nitrogen and oxygen atoms in total. The number of nitrogens with zero attached hydrogens (tertiary/aromatic N) is 2. The molecular formula is C12H13FN3O. The highest BCUT2D eigenvalue weighted by Gasteiger charge is 2.35. The number of fused-ring (bicyclic) bond motifs is 1. The van der Waals surface area contributed by atoms with Gasteiger partial charge in [0.05, 0.1) is 11.4 Å². The monoisotopic (exact) mass is 234 g/mol. The van der Waals surface area contributed by atoms with Gasteiger partial charge in [-0.05, 0) is 38.1 Å². The minimum Gasteiger partial charge on any atom is -0.317 e. The third-order valence-electron chi connectivity index (χ3n) is 3.29. The Morgan fingerprint density at radius 2 is 2.12 bits per heavy atom. The predicted octanol–water partition coefficient (Wildman–Crippen LogP) is 1.75. The molecule has 89 valence electrons. The van der Waals surface area contributed by atoms with E-state index in [0.717, 1.165) is 31.6 Å². The summed E-state index contributed by atoms with van der Waals surface area (Å²) in [5.41, 5.74) is 1.19. The Balaban J connectivity index is 1.93. The van der Waals surface area contributed by atoms with Gasteiger partial charge in [0.1, 0.15) is 5.82 Å². The van der Waals surface area contributed by atoms with Crippen LogP contribution in [0.4, 0.5) is 20.6 Å². The lowest BCUT2D eigenvalue weighted by molar-refractivity contribution is 0.247. The summed E-state index contributed by atoms with van der Waals surface area (Å²) in [6, 6.07) is 4.24. The van der Waals surface area contributed by atoms with E-state index in [-0.39, 0.29) is 17.9 Å². The molecule has 0 bridgehead atoms. The Morgan fingerprint density at radius 3 is 2.88 bits per heavy atom. The van der Waals surface area contributed by atoms with Crippen LogP contribution in [0.25, 0.3) is 0 Å². The van der Waals surface area contributed by atoms with Crippen LogP contribution in [0.5, 0.6) is 0 Å². The van der Waals surface area contributed by atoms with Crippen LogP contribution >= 0.6 is 0 Å². The summed E-state index contributed by atoms with van der Waals surface area (Å²) >= 11 is 0. The van der Waals surface area contributed by atoms with Crippen molar-refractivity contribution in [1.29, 1.82) is 0 Å². The number of anilines is 1. The largest absolute Gasteiger partial charge is 0.348 e. The maximum atomic E-state index is 13.1. The summed E-state index contributed by atoms with van der Waals surface area (Å²) < 4.78 is 13.1. The second-order valence-corrected chi connectivity index (χ2v) is 4.38. The lowest BCUT2D eigenvalue weighted by Crippen LogP contribution is -2.45. The van der Waals surface area contributed by atoms with Gasteiger partial charge in [-0.2, -0.15) is 5.32 Å². The zero-order valence-electron chi connectivity index (χ0n) is 9.32. The van der Waals surface area contributed by atoms with Crippen molar-refractivity contribution >= 4 is 17.4 Å². The molecule has 5 heteroatoms. The van der Waals surface area contributed by atoms with Gasteiger partial charge in [-0.3, -0.25) is 4.90 Å². The molecule has 0 saturated carbocycles. The molecule has 3 rings (SSSR count). The second kappa shape index (κ2) is 4.00. The fraction of sp³-hybridized carbons (Fsp3) is 0.417. The van der Waals surface area contributed by atoms with Crippen LogP contribution in [0, 0.1) is 5.82 Å². The van der Waals surface area contributed by atoms with Crippen LogP contribution in [0.15, 0.2) is 18.2 Å². The van der Waals surface area contributed by atoms with Gasteiger partial charge in [-0.1, -0.05) is 0 Å². The Hall–Kier alpha value is -1.62. The van der Waals surface area contributed by atoms with Crippen LogP contribution in [-0.2, 0) is 0 Å². The van der Waals surface area contributed by atoms with Gasteiger partial charge in [0, 0.05) is 12.1 Å². The van der Waals surface area contributed by atoms with E-state index in [1.54, 1.807) is 11.0 Å². The molecule has 1 fully saturated rings. The summed E-state index contributed by atoms with van der Waals surface area (Å²) in [4.78, 5) is 13.6. The van der Waals surface area contributed by atoms with E-state index in [2.05, 4.69) is 10.6 Å². The quantitative estimate of drug-likeness (QED) is 0.804. The highest BCUT2D eigenvalue weighted by molar-refractivity contribution is 6.04. The summed E-state index contributed by atoms with van der Waals surface area (Å²) in [6.45, 7) is 1.82. The number of carbonyl (C=O) groups is 1. The maximum absolute atomic E-state index is 13.1. The summed E-state index contributed by atoms with van der Waals surface area (Å²) in [6.07, 6.45) is 1.83. The third-order valence-corrected chi connectivity index (χ3v) is 3.29. The Morgan fingerprint density at radius 1 is 1.35 bits per heavy atom. The van der Waals surface area contributed by atoms with Gasteiger partial charge in [-0.15, -0.1) is 0 Å². The van der Waals surface area contributed by atoms with Crippen LogP contribution in [0.3, 0.4) is 0 Å². The van der Waals surface area contributed by atoms with Gasteiger partial charge < -0.3 is 5.32 Å². The minimum atomic E-state index is -0.354. The fourth-order valence-electron chi connectivity index (χ4n) is 2.47. The van der Waals surface area contributed by atoms with E-state index in [0.29, 0.717) is 5.69 Å². The molecule has 0 spiro atoms. The maximum Gasteiger partial charge on any atom is 0.348 e. The van der Waals surface area contributed by atoms with Crippen LogP contribution in [-0.4, -0.2) is 25.2 Å². The van der Waals surface area contributed by atoms with Crippen molar-refractivity contribution in [2.45, 2.75) is 18.9 Å². The number of nitrogens with one attached hydrogen (secondary N) is 1. The Bertz CT molecular complexity index is 457. The van der Waals surface area contributed by atoms with E-state index >= 15 is 0 Å². The second-order valence-electron chi connectivity index (χ2n) is 4.38. The van der Waals surface area contributed by atoms with E-state index in [1.807, 2.05) is 0 Å². The number of amides is 2. The Labute approximate surface area is 98.8 Å². The number of carbonyl (C=O) groups excluding carboxylic acids is 1. The highest BCUT2D eigenvalue weighted by Crippen LogP contribution is 2.36. The first-order valence-electron chi connectivity index (χ1n) is 5.81. The molecule has 0 unspecified atom stereocenters. The molecule has 1 N–H and O–H groups in total. The molecule has 0 atom stereocenters. The molecule has 2 aliphatic rings. The van der Waals surface area contributed by atoms with Crippen molar-refractivity contribution < 1.29 is 9.18 Å². The molecule has 17 heavy (non-hydrogen) atoms. The zero-order valence-corrected chi connectivity index (χ0v) is 9.32. The normalized spacial score (nSPS) is 20.3. The molecule has 2 aliphatic heterocycles. The van der Waals surface area contributed by atoms with Gasteiger partial charge in [0.15, 0.2) is 0 Å². The highest BCUT2D eigenvalue weighted by atomic mass is 19.1. The molecule has 0 aromatic heterocycles. The number of urea groups is 1. The average Bonchev–Trinajstić information content (AvgIpc) is 2.65.